The molecule has 2 aromatic heterocycles. The zero-order valence-corrected chi connectivity index (χ0v) is 12.3. The predicted molar refractivity (Wildman–Crippen MR) is 78.8 cm³/mol. The smallest absolute Gasteiger partial charge is 0.212 e. The van der Waals surface area contributed by atoms with Crippen molar-refractivity contribution < 1.29 is 4.74 Å². The zero-order chi connectivity index (χ0) is 14.4. The lowest BCUT2D eigenvalue weighted by Crippen LogP contribution is -2.25. The highest BCUT2D eigenvalue weighted by molar-refractivity contribution is 5.20. The highest BCUT2D eigenvalue weighted by Gasteiger charge is 2.15. The number of pyridine rings is 1. The molecule has 0 fully saturated rings. The lowest BCUT2D eigenvalue weighted by Gasteiger charge is -2.19. The maximum atomic E-state index is 5.09. The number of methoxy groups -OCH3 is 1. The molecule has 2 aromatic rings. The minimum atomic E-state index is 0.248. The van der Waals surface area contributed by atoms with E-state index in [-0.39, 0.29) is 6.04 Å². The number of hydrogen-bond donors (Lipinski definition) is 1. The largest absolute Gasteiger partial charge is 0.481 e. The van der Waals surface area contributed by atoms with Crippen LogP contribution in [0, 0.1) is 0 Å². The third kappa shape index (κ3) is 3.36. The van der Waals surface area contributed by atoms with Gasteiger partial charge in [-0.3, -0.25) is 4.68 Å². The molecule has 2 heterocycles. The fourth-order valence-electron chi connectivity index (χ4n) is 2.32. The van der Waals surface area contributed by atoms with Crippen LogP contribution in [0.25, 0.3) is 0 Å². The molecule has 0 amide bonds. The van der Waals surface area contributed by atoms with Crippen LogP contribution < -0.4 is 10.1 Å². The molecule has 0 bridgehead atoms. The summed E-state index contributed by atoms with van der Waals surface area (Å²) < 4.78 is 7.12. The standard InChI is InChI=1S/C15H22N4O/c1-4-16-13(14-8-9-18-19(14)5-2)10-12-6-7-15(20-3)17-11-12/h6-9,11,13,16H,4-5,10H2,1-3H3. The number of aryl methyl sites for hydroxylation is 1. The van der Waals surface area contributed by atoms with Crippen LogP contribution in [0.1, 0.15) is 31.1 Å². The molecule has 0 aromatic carbocycles. The highest BCUT2D eigenvalue weighted by Crippen LogP contribution is 2.19. The summed E-state index contributed by atoms with van der Waals surface area (Å²) in [5.74, 6) is 0.646. The summed E-state index contributed by atoms with van der Waals surface area (Å²) in [7, 11) is 1.63. The van der Waals surface area contributed by atoms with Crippen LogP contribution in [0.3, 0.4) is 0 Å². The second kappa shape index (κ2) is 7.05. The van der Waals surface area contributed by atoms with Gasteiger partial charge in [0.05, 0.1) is 18.8 Å². The van der Waals surface area contributed by atoms with Crippen LogP contribution in [0.15, 0.2) is 30.6 Å². The number of nitrogens with one attached hydrogen (secondary N) is 1. The van der Waals surface area contributed by atoms with Gasteiger partial charge in [-0.15, -0.1) is 0 Å². The average molecular weight is 274 g/mol. The molecule has 0 aliphatic rings. The number of rotatable bonds is 7. The van der Waals surface area contributed by atoms with Crippen molar-refractivity contribution in [1.82, 2.24) is 20.1 Å². The molecule has 1 atom stereocenters. The Bertz CT molecular complexity index is 521. The first-order valence-electron chi connectivity index (χ1n) is 7.02. The van der Waals surface area contributed by atoms with Crippen molar-refractivity contribution in [2.24, 2.45) is 0 Å². The molecule has 0 aliphatic carbocycles. The molecule has 5 nitrogen and oxygen atoms in total. The van der Waals surface area contributed by atoms with Crippen molar-refractivity contribution in [3.63, 3.8) is 0 Å². The quantitative estimate of drug-likeness (QED) is 0.841. The maximum Gasteiger partial charge on any atom is 0.212 e. The predicted octanol–water partition coefficient (Wildman–Crippen LogP) is 2.20. The minimum Gasteiger partial charge on any atom is -0.481 e. The Morgan fingerprint density at radius 3 is 2.75 bits per heavy atom. The van der Waals surface area contributed by atoms with Gasteiger partial charge in [-0.05, 0) is 31.5 Å². The second-order valence-corrected chi connectivity index (χ2v) is 4.60. The van der Waals surface area contributed by atoms with Gasteiger partial charge in [-0.2, -0.15) is 5.10 Å². The molecule has 1 unspecified atom stereocenters. The average Bonchev–Trinajstić information content (AvgIpc) is 2.96. The van der Waals surface area contributed by atoms with E-state index in [1.165, 1.54) is 11.3 Å². The molecule has 1 N–H and O–H groups in total. The highest BCUT2D eigenvalue weighted by atomic mass is 16.5. The summed E-state index contributed by atoms with van der Waals surface area (Å²) in [5.41, 5.74) is 2.39. The topological polar surface area (TPSA) is 52.0 Å². The Labute approximate surface area is 120 Å². The summed E-state index contributed by atoms with van der Waals surface area (Å²) in [6.45, 7) is 6.02. The van der Waals surface area contributed by atoms with Crippen LogP contribution in [0.2, 0.25) is 0 Å². The number of ether oxygens (including phenoxy) is 1. The van der Waals surface area contributed by atoms with Gasteiger partial charge in [0.25, 0.3) is 0 Å². The molecule has 0 aliphatic heterocycles. The van der Waals surface area contributed by atoms with Crippen LogP contribution in [0.4, 0.5) is 0 Å². The number of likely N-dealkylation sites (N-methyl/N-ethyl adjacent to an activating group) is 1. The van der Waals surface area contributed by atoms with E-state index in [0.717, 1.165) is 19.5 Å². The van der Waals surface area contributed by atoms with Crippen LogP contribution in [-0.4, -0.2) is 28.4 Å². The van der Waals surface area contributed by atoms with Gasteiger partial charge >= 0.3 is 0 Å². The fraction of sp³-hybridized carbons (Fsp3) is 0.467. The van der Waals surface area contributed by atoms with Crippen molar-refractivity contribution in [2.75, 3.05) is 13.7 Å². The summed E-state index contributed by atoms with van der Waals surface area (Å²) in [6.07, 6.45) is 4.61. The zero-order valence-electron chi connectivity index (χ0n) is 12.3. The lowest BCUT2D eigenvalue weighted by molar-refractivity contribution is 0.397. The number of aromatic nitrogens is 3. The summed E-state index contributed by atoms with van der Waals surface area (Å²) in [5, 5.41) is 7.86. The fourth-order valence-corrected chi connectivity index (χ4v) is 2.32. The number of hydrogen-bond acceptors (Lipinski definition) is 4. The van der Waals surface area contributed by atoms with E-state index in [1.54, 1.807) is 7.11 Å². The summed E-state index contributed by atoms with van der Waals surface area (Å²) in [4.78, 5) is 4.26. The second-order valence-electron chi connectivity index (χ2n) is 4.60. The van der Waals surface area contributed by atoms with E-state index < -0.39 is 0 Å². The molecule has 5 heteroatoms. The molecule has 20 heavy (non-hydrogen) atoms. The van der Waals surface area contributed by atoms with E-state index >= 15 is 0 Å². The van der Waals surface area contributed by atoms with Crippen LogP contribution in [0.5, 0.6) is 5.88 Å². The maximum absolute atomic E-state index is 5.09. The van der Waals surface area contributed by atoms with Gasteiger partial charge in [0.1, 0.15) is 0 Å². The summed E-state index contributed by atoms with van der Waals surface area (Å²) in [6, 6.07) is 6.28. The van der Waals surface area contributed by atoms with Gasteiger partial charge in [0.15, 0.2) is 0 Å². The van der Waals surface area contributed by atoms with Gasteiger partial charge in [0.2, 0.25) is 5.88 Å². The van der Waals surface area contributed by atoms with E-state index in [1.807, 2.05) is 23.1 Å². The molecule has 2 rings (SSSR count). The first kappa shape index (κ1) is 14.5. The summed E-state index contributed by atoms with van der Waals surface area (Å²) >= 11 is 0. The van der Waals surface area contributed by atoms with Gasteiger partial charge in [-0.1, -0.05) is 13.0 Å². The first-order valence-corrected chi connectivity index (χ1v) is 7.02. The van der Waals surface area contributed by atoms with Gasteiger partial charge in [-0.25, -0.2) is 4.98 Å². The van der Waals surface area contributed by atoms with Crippen LogP contribution in [-0.2, 0) is 13.0 Å². The number of nitrogens with zero attached hydrogens (tertiary/aromatic N) is 3. The molecule has 0 spiro atoms. The molecule has 0 saturated heterocycles. The van der Waals surface area contributed by atoms with E-state index in [9.17, 15) is 0 Å². The van der Waals surface area contributed by atoms with Crippen molar-refractivity contribution in [1.29, 1.82) is 0 Å². The minimum absolute atomic E-state index is 0.248. The molecular formula is C15H22N4O. The van der Waals surface area contributed by atoms with Gasteiger partial charge < -0.3 is 10.1 Å². The van der Waals surface area contributed by atoms with Crippen molar-refractivity contribution in [3.05, 3.63) is 41.9 Å². The lowest BCUT2D eigenvalue weighted by atomic mass is 10.0. The van der Waals surface area contributed by atoms with Crippen molar-refractivity contribution >= 4 is 0 Å². The first-order chi connectivity index (χ1) is 9.78. The Kier molecular flexibility index (Phi) is 5.12. The van der Waals surface area contributed by atoms with Crippen molar-refractivity contribution in [2.45, 2.75) is 32.9 Å². The van der Waals surface area contributed by atoms with E-state index in [2.05, 4.69) is 41.4 Å². The van der Waals surface area contributed by atoms with Crippen LogP contribution >= 0.6 is 0 Å². The molecule has 108 valence electrons. The van der Waals surface area contributed by atoms with Gasteiger partial charge in [0, 0.05) is 25.0 Å². The Balaban J connectivity index is 2.16. The van der Waals surface area contributed by atoms with E-state index in [4.69, 9.17) is 4.74 Å². The monoisotopic (exact) mass is 274 g/mol. The third-order valence-corrected chi connectivity index (χ3v) is 3.30. The third-order valence-electron chi connectivity index (χ3n) is 3.30. The normalized spacial score (nSPS) is 12.3. The molecule has 0 saturated carbocycles. The molecular weight excluding hydrogens is 252 g/mol. The van der Waals surface area contributed by atoms with Crippen molar-refractivity contribution in [3.8, 4) is 5.88 Å². The van der Waals surface area contributed by atoms with E-state index in [0.29, 0.717) is 5.88 Å². The Hall–Kier alpha value is -1.88. The Morgan fingerprint density at radius 1 is 1.30 bits per heavy atom. The molecule has 0 radical (unpaired) electrons. The SMILES string of the molecule is CCNC(Cc1ccc(OC)nc1)c1ccnn1CC. The Morgan fingerprint density at radius 2 is 2.15 bits per heavy atom.